The van der Waals surface area contributed by atoms with Crippen molar-refractivity contribution in [2.75, 3.05) is 16.9 Å². The van der Waals surface area contributed by atoms with Crippen molar-refractivity contribution in [2.24, 2.45) is 0 Å². The van der Waals surface area contributed by atoms with E-state index in [2.05, 4.69) is 22.1 Å². The molecule has 0 aliphatic rings. The Bertz CT molecular complexity index is 328. The predicted octanol–water partition coefficient (Wildman–Crippen LogP) is 1.99. The van der Waals surface area contributed by atoms with E-state index in [4.69, 9.17) is 11.6 Å². The molecule has 1 heterocycles. The summed E-state index contributed by atoms with van der Waals surface area (Å²) in [6.45, 7) is 3.59. The first kappa shape index (κ1) is 11.5. The minimum atomic E-state index is -0.275. The van der Waals surface area contributed by atoms with Crippen molar-refractivity contribution in [1.82, 2.24) is 10.2 Å². The van der Waals surface area contributed by atoms with E-state index in [-0.39, 0.29) is 11.8 Å². The van der Waals surface area contributed by atoms with Gasteiger partial charge in [-0.25, -0.2) is 0 Å². The van der Waals surface area contributed by atoms with Crippen LogP contribution in [0.2, 0.25) is 0 Å². The van der Waals surface area contributed by atoms with E-state index in [9.17, 15) is 4.79 Å². The molecular weight excluding hydrogens is 242 g/mol. The van der Waals surface area contributed by atoms with Gasteiger partial charge in [0.25, 0.3) is 0 Å². The number of hydrogen-bond acceptors (Lipinski definition) is 5. The fourth-order valence-corrected chi connectivity index (χ4v) is 2.20. The molecule has 7 heteroatoms. The third-order valence-corrected chi connectivity index (χ3v) is 3.31. The Morgan fingerprint density at radius 2 is 2.50 bits per heavy atom. The summed E-state index contributed by atoms with van der Waals surface area (Å²) in [5, 5.41) is 10.6. The number of rotatable bonds is 5. The van der Waals surface area contributed by atoms with Gasteiger partial charge in [-0.15, -0.1) is 28.4 Å². The van der Waals surface area contributed by atoms with E-state index in [1.165, 1.54) is 23.1 Å². The lowest BCUT2D eigenvalue weighted by atomic mass is 10.7. The number of amides is 1. The number of anilines is 1. The summed E-state index contributed by atoms with van der Waals surface area (Å²) in [6, 6.07) is 0. The summed E-state index contributed by atoms with van der Waals surface area (Å²) < 4.78 is 0.801. The minimum absolute atomic E-state index is 0.0747. The van der Waals surface area contributed by atoms with Gasteiger partial charge in [0.1, 0.15) is 5.88 Å². The zero-order valence-corrected chi connectivity index (χ0v) is 9.58. The number of halogens is 1. The fraction of sp³-hybridized carbons (Fsp3) is 0.286. The maximum absolute atomic E-state index is 10.9. The van der Waals surface area contributed by atoms with Crippen molar-refractivity contribution in [1.29, 1.82) is 0 Å². The molecule has 0 aliphatic heterocycles. The molecule has 4 nitrogen and oxygen atoms in total. The van der Waals surface area contributed by atoms with Crippen molar-refractivity contribution in [3.05, 3.63) is 12.7 Å². The van der Waals surface area contributed by atoms with Gasteiger partial charge in [0.2, 0.25) is 11.0 Å². The Balaban J connectivity index is 2.50. The number of nitrogens with one attached hydrogen (secondary N) is 1. The molecule has 1 rings (SSSR count). The van der Waals surface area contributed by atoms with Crippen LogP contribution in [0.25, 0.3) is 0 Å². The van der Waals surface area contributed by atoms with E-state index in [1.54, 1.807) is 6.08 Å². The van der Waals surface area contributed by atoms with Crippen molar-refractivity contribution in [3.8, 4) is 0 Å². The summed E-state index contributed by atoms with van der Waals surface area (Å²) in [5.74, 6) is 0.426. The van der Waals surface area contributed by atoms with Gasteiger partial charge in [-0.2, -0.15) is 0 Å². The quantitative estimate of drug-likeness (QED) is 0.375. The van der Waals surface area contributed by atoms with Crippen LogP contribution < -0.4 is 5.32 Å². The average molecular weight is 250 g/mol. The second kappa shape index (κ2) is 6.00. The van der Waals surface area contributed by atoms with Gasteiger partial charge in [-0.3, -0.25) is 10.1 Å². The highest BCUT2D eigenvalue weighted by molar-refractivity contribution is 8.01. The molecule has 0 fully saturated rings. The molecule has 0 saturated heterocycles. The normalized spacial score (nSPS) is 9.79. The van der Waals surface area contributed by atoms with Gasteiger partial charge < -0.3 is 0 Å². The predicted molar refractivity (Wildman–Crippen MR) is 60.2 cm³/mol. The van der Waals surface area contributed by atoms with Crippen LogP contribution in [0.4, 0.5) is 5.13 Å². The molecule has 0 spiro atoms. The van der Waals surface area contributed by atoms with E-state index >= 15 is 0 Å². The zero-order valence-electron chi connectivity index (χ0n) is 7.20. The molecule has 0 bridgehead atoms. The molecule has 1 amide bonds. The minimum Gasteiger partial charge on any atom is -0.299 e. The monoisotopic (exact) mass is 249 g/mol. The van der Waals surface area contributed by atoms with Crippen molar-refractivity contribution in [3.63, 3.8) is 0 Å². The van der Waals surface area contributed by atoms with Crippen LogP contribution in [-0.4, -0.2) is 27.7 Å². The van der Waals surface area contributed by atoms with Crippen molar-refractivity contribution >= 4 is 45.7 Å². The average Bonchev–Trinajstić information content (AvgIpc) is 2.62. The number of carbonyl (C=O) groups is 1. The van der Waals surface area contributed by atoms with E-state index in [0.717, 1.165) is 10.1 Å². The molecule has 0 saturated carbocycles. The maximum atomic E-state index is 10.9. The summed E-state index contributed by atoms with van der Waals surface area (Å²) in [7, 11) is 0. The molecule has 76 valence electrons. The van der Waals surface area contributed by atoms with Gasteiger partial charge in [-0.05, 0) is 0 Å². The third-order valence-electron chi connectivity index (χ3n) is 1.10. The molecule has 1 aromatic heterocycles. The van der Waals surface area contributed by atoms with E-state index < -0.39 is 0 Å². The van der Waals surface area contributed by atoms with Crippen LogP contribution in [0.1, 0.15) is 0 Å². The molecule has 0 unspecified atom stereocenters. The number of carbonyl (C=O) groups excluding carboxylic acids is 1. The van der Waals surface area contributed by atoms with Gasteiger partial charge in [0.05, 0.1) is 0 Å². The maximum Gasteiger partial charge on any atom is 0.241 e. The first-order chi connectivity index (χ1) is 6.76. The van der Waals surface area contributed by atoms with E-state index in [1.807, 2.05) is 0 Å². The standard InChI is InChI=1S/C7H8ClN3OS2/c1-2-3-13-7-11-10-6(14-7)9-5(12)4-8/h2H,1,3-4H2,(H,9,10,12). The molecular formula is C7H8ClN3OS2. The Hall–Kier alpha value is -0.590. The lowest BCUT2D eigenvalue weighted by Gasteiger charge is -1.93. The number of nitrogens with zero attached hydrogens (tertiary/aromatic N) is 2. The van der Waals surface area contributed by atoms with Gasteiger partial charge in [0, 0.05) is 5.75 Å². The second-order valence-electron chi connectivity index (χ2n) is 2.15. The molecule has 0 aromatic carbocycles. The number of thioether (sulfide) groups is 1. The Kier molecular flexibility index (Phi) is 4.92. The van der Waals surface area contributed by atoms with Gasteiger partial charge >= 0.3 is 0 Å². The Morgan fingerprint density at radius 3 is 3.14 bits per heavy atom. The lowest BCUT2D eigenvalue weighted by Crippen LogP contribution is -2.12. The van der Waals surface area contributed by atoms with Crippen LogP contribution in [0.15, 0.2) is 17.0 Å². The molecule has 1 N–H and O–H groups in total. The largest absolute Gasteiger partial charge is 0.299 e. The number of hydrogen-bond donors (Lipinski definition) is 1. The third kappa shape index (κ3) is 3.65. The summed E-state index contributed by atoms with van der Waals surface area (Å²) in [4.78, 5) is 10.9. The fourth-order valence-electron chi connectivity index (χ4n) is 0.601. The number of aromatic nitrogens is 2. The topological polar surface area (TPSA) is 54.9 Å². The van der Waals surface area contributed by atoms with Crippen molar-refractivity contribution < 1.29 is 4.79 Å². The van der Waals surface area contributed by atoms with Gasteiger partial charge in [0.15, 0.2) is 4.34 Å². The molecule has 0 radical (unpaired) electrons. The molecule has 0 atom stereocenters. The molecule has 14 heavy (non-hydrogen) atoms. The van der Waals surface area contributed by atoms with Crippen LogP contribution in [0, 0.1) is 0 Å². The summed E-state index contributed by atoms with van der Waals surface area (Å²) in [6.07, 6.45) is 1.78. The smallest absolute Gasteiger partial charge is 0.241 e. The van der Waals surface area contributed by atoms with Crippen LogP contribution in [-0.2, 0) is 4.79 Å². The van der Waals surface area contributed by atoms with Crippen LogP contribution in [0.3, 0.4) is 0 Å². The lowest BCUT2D eigenvalue weighted by molar-refractivity contribution is -0.113. The molecule has 0 aliphatic carbocycles. The highest BCUT2D eigenvalue weighted by Gasteiger charge is 2.06. The van der Waals surface area contributed by atoms with E-state index in [0.29, 0.717) is 5.13 Å². The SMILES string of the molecule is C=CCSc1nnc(NC(=O)CCl)s1. The highest BCUT2D eigenvalue weighted by Crippen LogP contribution is 2.25. The summed E-state index contributed by atoms with van der Waals surface area (Å²) >= 11 is 8.16. The first-order valence-corrected chi connectivity index (χ1v) is 6.03. The Morgan fingerprint density at radius 1 is 1.71 bits per heavy atom. The Labute approximate surface area is 94.8 Å². The van der Waals surface area contributed by atoms with Crippen molar-refractivity contribution in [2.45, 2.75) is 4.34 Å². The zero-order chi connectivity index (χ0) is 10.4. The van der Waals surface area contributed by atoms with Gasteiger partial charge in [-0.1, -0.05) is 29.2 Å². The highest BCUT2D eigenvalue weighted by atomic mass is 35.5. The molecule has 1 aromatic rings. The van der Waals surface area contributed by atoms with Crippen LogP contribution in [0.5, 0.6) is 0 Å². The first-order valence-electron chi connectivity index (χ1n) is 3.69. The van der Waals surface area contributed by atoms with Crippen LogP contribution >= 0.6 is 34.7 Å². The summed E-state index contributed by atoms with van der Waals surface area (Å²) in [5.41, 5.74) is 0. The second-order valence-corrected chi connectivity index (χ2v) is 4.67. The number of alkyl halides is 1.